The van der Waals surface area contributed by atoms with Crippen molar-refractivity contribution >= 4 is 11.9 Å². The van der Waals surface area contributed by atoms with E-state index in [2.05, 4.69) is 28.2 Å². The molecule has 124 valence electrons. The maximum atomic E-state index is 4.71. The number of aliphatic imine (C=N–C) groups is 1. The average molecular weight is 335 g/mol. The standard InChI is InChI=1S/C23H17N3/c1-2-8-19(9-3-1)20-10-4-5-11-21(20)26-17-18-13-15-25-23(16-18)22-12-6-7-14-24-22/h1-17H. The van der Waals surface area contributed by atoms with Crippen LogP contribution >= 0.6 is 0 Å². The van der Waals surface area contributed by atoms with E-state index in [4.69, 9.17) is 4.99 Å². The van der Waals surface area contributed by atoms with E-state index in [1.807, 2.05) is 72.9 Å². The molecule has 3 nitrogen and oxygen atoms in total. The van der Waals surface area contributed by atoms with Gasteiger partial charge in [0.05, 0.1) is 17.1 Å². The molecule has 4 rings (SSSR count). The normalized spacial score (nSPS) is 10.9. The number of aromatic nitrogens is 2. The fourth-order valence-corrected chi connectivity index (χ4v) is 2.77. The second kappa shape index (κ2) is 7.53. The third-order valence-corrected chi connectivity index (χ3v) is 4.05. The van der Waals surface area contributed by atoms with Crippen molar-refractivity contribution in [1.29, 1.82) is 0 Å². The van der Waals surface area contributed by atoms with Crippen LogP contribution in [0.25, 0.3) is 22.5 Å². The second-order valence-electron chi connectivity index (χ2n) is 5.83. The first-order valence-corrected chi connectivity index (χ1v) is 8.46. The van der Waals surface area contributed by atoms with E-state index >= 15 is 0 Å². The van der Waals surface area contributed by atoms with Crippen LogP contribution < -0.4 is 0 Å². The van der Waals surface area contributed by atoms with Crippen LogP contribution in [0.5, 0.6) is 0 Å². The maximum absolute atomic E-state index is 4.71. The Balaban J connectivity index is 1.66. The van der Waals surface area contributed by atoms with Gasteiger partial charge in [-0.3, -0.25) is 15.0 Å². The van der Waals surface area contributed by atoms with Gasteiger partial charge in [0.15, 0.2) is 0 Å². The highest BCUT2D eigenvalue weighted by atomic mass is 14.8. The molecule has 2 aromatic carbocycles. The molecular formula is C23H17N3. The van der Waals surface area contributed by atoms with Gasteiger partial charge in [-0.15, -0.1) is 0 Å². The lowest BCUT2D eigenvalue weighted by Crippen LogP contribution is -1.89. The molecule has 0 spiro atoms. The number of rotatable bonds is 4. The van der Waals surface area contributed by atoms with Gasteiger partial charge in [-0.25, -0.2) is 0 Å². The summed E-state index contributed by atoms with van der Waals surface area (Å²) in [4.78, 5) is 13.5. The zero-order valence-corrected chi connectivity index (χ0v) is 14.2. The minimum Gasteiger partial charge on any atom is -0.256 e. The SMILES string of the molecule is C(=Nc1ccccc1-c1ccccc1)c1ccnc(-c2ccccn2)c1. The van der Waals surface area contributed by atoms with Gasteiger partial charge in [0.1, 0.15) is 0 Å². The Morgan fingerprint density at radius 3 is 2.27 bits per heavy atom. The minimum absolute atomic E-state index is 0.839. The Hall–Kier alpha value is -3.59. The lowest BCUT2D eigenvalue weighted by atomic mass is 10.0. The average Bonchev–Trinajstić information content (AvgIpc) is 2.74. The van der Waals surface area contributed by atoms with E-state index in [9.17, 15) is 0 Å². The molecule has 0 aliphatic carbocycles. The van der Waals surface area contributed by atoms with Crippen LogP contribution in [0.4, 0.5) is 5.69 Å². The van der Waals surface area contributed by atoms with E-state index in [0.29, 0.717) is 0 Å². The zero-order chi connectivity index (χ0) is 17.6. The molecular weight excluding hydrogens is 318 g/mol. The van der Waals surface area contributed by atoms with Crippen LogP contribution in [0.3, 0.4) is 0 Å². The van der Waals surface area contributed by atoms with Gasteiger partial charge < -0.3 is 0 Å². The summed E-state index contributed by atoms with van der Waals surface area (Å²) in [6, 6.07) is 28.2. The first kappa shape index (κ1) is 15.9. The van der Waals surface area contributed by atoms with E-state index < -0.39 is 0 Å². The molecule has 2 heterocycles. The van der Waals surface area contributed by atoms with Crippen molar-refractivity contribution < 1.29 is 0 Å². The minimum atomic E-state index is 0.839. The summed E-state index contributed by atoms with van der Waals surface area (Å²) in [7, 11) is 0. The van der Waals surface area contributed by atoms with Crippen molar-refractivity contribution in [2.24, 2.45) is 4.99 Å². The van der Waals surface area contributed by atoms with Crippen molar-refractivity contribution in [3.63, 3.8) is 0 Å². The molecule has 0 atom stereocenters. The fraction of sp³-hybridized carbons (Fsp3) is 0. The molecule has 0 N–H and O–H groups in total. The van der Waals surface area contributed by atoms with Gasteiger partial charge in [-0.1, -0.05) is 54.6 Å². The molecule has 0 bridgehead atoms. The molecule has 0 fully saturated rings. The Bertz CT molecular complexity index is 1030. The molecule has 0 amide bonds. The molecule has 0 aliphatic heterocycles. The number of nitrogens with zero attached hydrogens (tertiary/aromatic N) is 3. The predicted molar refractivity (Wildman–Crippen MR) is 107 cm³/mol. The van der Waals surface area contributed by atoms with Gasteiger partial charge in [0.2, 0.25) is 0 Å². The summed E-state index contributed by atoms with van der Waals surface area (Å²) >= 11 is 0. The summed E-state index contributed by atoms with van der Waals surface area (Å²) < 4.78 is 0. The number of para-hydroxylation sites is 1. The van der Waals surface area contributed by atoms with E-state index in [1.54, 1.807) is 12.4 Å². The molecule has 0 saturated heterocycles. The Kier molecular flexibility index (Phi) is 4.61. The lowest BCUT2D eigenvalue weighted by Gasteiger charge is -2.05. The van der Waals surface area contributed by atoms with E-state index in [-0.39, 0.29) is 0 Å². The Morgan fingerprint density at radius 2 is 1.42 bits per heavy atom. The van der Waals surface area contributed by atoms with Crippen molar-refractivity contribution in [2.45, 2.75) is 0 Å². The highest BCUT2D eigenvalue weighted by molar-refractivity contribution is 5.86. The monoisotopic (exact) mass is 335 g/mol. The number of benzene rings is 2. The first-order chi connectivity index (χ1) is 12.9. The smallest absolute Gasteiger partial charge is 0.0892 e. The van der Waals surface area contributed by atoms with Gasteiger partial charge in [-0.05, 0) is 41.5 Å². The molecule has 0 aliphatic rings. The summed E-state index contributed by atoms with van der Waals surface area (Å²) in [5.74, 6) is 0. The van der Waals surface area contributed by atoms with Crippen LogP contribution in [0.2, 0.25) is 0 Å². The van der Waals surface area contributed by atoms with Gasteiger partial charge in [-0.2, -0.15) is 0 Å². The maximum Gasteiger partial charge on any atom is 0.0892 e. The highest BCUT2D eigenvalue weighted by Crippen LogP contribution is 2.29. The molecule has 0 radical (unpaired) electrons. The Labute approximate surface area is 152 Å². The van der Waals surface area contributed by atoms with Crippen molar-refractivity contribution in [3.8, 4) is 22.5 Å². The highest BCUT2D eigenvalue weighted by Gasteiger charge is 2.03. The van der Waals surface area contributed by atoms with Gasteiger partial charge >= 0.3 is 0 Å². The van der Waals surface area contributed by atoms with Crippen LogP contribution in [0.1, 0.15) is 5.56 Å². The summed E-state index contributed by atoms with van der Waals surface area (Å²) in [6.45, 7) is 0. The summed E-state index contributed by atoms with van der Waals surface area (Å²) in [5, 5.41) is 0. The van der Waals surface area contributed by atoms with E-state index in [1.165, 1.54) is 0 Å². The van der Waals surface area contributed by atoms with Crippen LogP contribution in [-0.4, -0.2) is 16.2 Å². The molecule has 0 unspecified atom stereocenters. The number of hydrogen-bond acceptors (Lipinski definition) is 3. The molecule has 26 heavy (non-hydrogen) atoms. The molecule has 2 aromatic heterocycles. The molecule has 3 heteroatoms. The Morgan fingerprint density at radius 1 is 0.654 bits per heavy atom. The van der Waals surface area contributed by atoms with Crippen molar-refractivity contribution in [3.05, 3.63) is 103 Å². The third kappa shape index (κ3) is 3.57. The number of hydrogen-bond donors (Lipinski definition) is 0. The number of pyridine rings is 2. The second-order valence-corrected chi connectivity index (χ2v) is 5.83. The summed E-state index contributed by atoms with van der Waals surface area (Å²) in [6.07, 6.45) is 5.43. The van der Waals surface area contributed by atoms with Crippen LogP contribution in [0.15, 0.2) is 102 Å². The largest absolute Gasteiger partial charge is 0.256 e. The third-order valence-electron chi connectivity index (χ3n) is 4.05. The first-order valence-electron chi connectivity index (χ1n) is 8.46. The fourth-order valence-electron chi connectivity index (χ4n) is 2.77. The van der Waals surface area contributed by atoms with Crippen LogP contribution in [-0.2, 0) is 0 Å². The van der Waals surface area contributed by atoms with E-state index in [0.717, 1.165) is 33.8 Å². The quantitative estimate of drug-likeness (QED) is 0.458. The predicted octanol–water partition coefficient (Wildman–Crippen LogP) is 5.56. The summed E-state index contributed by atoms with van der Waals surface area (Å²) in [5.41, 5.74) is 5.89. The van der Waals surface area contributed by atoms with Crippen LogP contribution in [0, 0.1) is 0 Å². The molecule has 4 aromatic rings. The molecule has 0 saturated carbocycles. The zero-order valence-electron chi connectivity index (χ0n) is 14.2. The van der Waals surface area contributed by atoms with Gasteiger partial charge in [0.25, 0.3) is 0 Å². The van der Waals surface area contributed by atoms with Crippen molar-refractivity contribution in [2.75, 3.05) is 0 Å². The lowest BCUT2D eigenvalue weighted by molar-refractivity contribution is 1.24. The topological polar surface area (TPSA) is 38.1 Å². The van der Waals surface area contributed by atoms with Gasteiger partial charge in [0, 0.05) is 24.2 Å². The van der Waals surface area contributed by atoms with Crippen molar-refractivity contribution in [1.82, 2.24) is 9.97 Å².